The number of nitrogens with zero attached hydrogens (tertiary/aromatic N) is 2. The molecule has 1 fully saturated rings. The summed E-state index contributed by atoms with van der Waals surface area (Å²) in [6.45, 7) is 6.26. The van der Waals surface area contributed by atoms with Crippen molar-refractivity contribution in [2.45, 2.75) is 32.4 Å². The Hall–Kier alpha value is -1.13. The molecule has 0 spiro atoms. The predicted molar refractivity (Wildman–Crippen MR) is 82.7 cm³/mol. The van der Waals surface area contributed by atoms with E-state index in [1.807, 2.05) is 13.1 Å². The minimum absolute atomic E-state index is 0.163. The molecular weight excluding hydrogens is 253 g/mol. The Kier molecular flexibility index (Phi) is 5.38. The number of rotatable bonds is 6. The number of nitrogens with one attached hydrogen (secondary N) is 1. The third kappa shape index (κ3) is 3.49. The number of likely N-dealkylation sites (tertiary alicyclic amines) is 1. The van der Waals surface area contributed by atoms with Gasteiger partial charge in [-0.3, -0.25) is 4.90 Å². The van der Waals surface area contributed by atoms with Gasteiger partial charge in [0.2, 0.25) is 0 Å². The molecule has 4 heteroatoms. The molecule has 0 bridgehead atoms. The first-order chi connectivity index (χ1) is 9.65. The molecule has 1 N–H and O–H groups in total. The highest BCUT2D eigenvalue weighted by atomic mass is 19.1. The lowest BCUT2D eigenvalue weighted by atomic mass is 10.1. The SMILES string of the molecule is CCN1CCCC1CN(C)c1ccc(F)cc1CNC. The molecule has 3 nitrogen and oxygen atoms in total. The van der Waals surface area contributed by atoms with Crippen molar-refractivity contribution in [3.8, 4) is 0 Å². The summed E-state index contributed by atoms with van der Waals surface area (Å²) in [4.78, 5) is 4.81. The van der Waals surface area contributed by atoms with Crippen molar-refractivity contribution >= 4 is 5.69 Å². The molecule has 0 aliphatic carbocycles. The quantitative estimate of drug-likeness (QED) is 0.863. The van der Waals surface area contributed by atoms with Crippen LogP contribution in [0.25, 0.3) is 0 Å². The predicted octanol–water partition coefficient (Wildman–Crippen LogP) is 2.47. The summed E-state index contributed by atoms with van der Waals surface area (Å²) >= 11 is 0. The largest absolute Gasteiger partial charge is 0.373 e. The van der Waals surface area contributed by atoms with Crippen molar-refractivity contribution in [2.24, 2.45) is 0 Å². The first kappa shape index (κ1) is 15.3. The van der Waals surface area contributed by atoms with Crippen LogP contribution in [0.3, 0.4) is 0 Å². The molecule has 1 atom stereocenters. The van der Waals surface area contributed by atoms with Gasteiger partial charge >= 0.3 is 0 Å². The average molecular weight is 279 g/mol. The second kappa shape index (κ2) is 7.04. The van der Waals surface area contributed by atoms with E-state index in [4.69, 9.17) is 0 Å². The molecule has 0 amide bonds. The summed E-state index contributed by atoms with van der Waals surface area (Å²) < 4.78 is 13.4. The highest BCUT2D eigenvalue weighted by Gasteiger charge is 2.24. The second-order valence-electron chi connectivity index (χ2n) is 5.61. The Bertz CT molecular complexity index is 436. The minimum atomic E-state index is -0.163. The van der Waals surface area contributed by atoms with E-state index >= 15 is 0 Å². The summed E-state index contributed by atoms with van der Waals surface area (Å²) in [5.41, 5.74) is 2.15. The van der Waals surface area contributed by atoms with Crippen LogP contribution in [-0.4, -0.2) is 44.7 Å². The van der Waals surface area contributed by atoms with Gasteiger partial charge in [0, 0.05) is 31.9 Å². The molecule has 1 saturated heterocycles. The molecule has 1 aromatic carbocycles. The van der Waals surface area contributed by atoms with E-state index in [0.29, 0.717) is 12.6 Å². The van der Waals surface area contributed by atoms with Crippen LogP contribution in [0.5, 0.6) is 0 Å². The minimum Gasteiger partial charge on any atom is -0.373 e. The second-order valence-corrected chi connectivity index (χ2v) is 5.61. The summed E-state index contributed by atoms with van der Waals surface area (Å²) in [6, 6.07) is 5.71. The topological polar surface area (TPSA) is 18.5 Å². The van der Waals surface area contributed by atoms with Crippen LogP contribution in [0.15, 0.2) is 18.2 Å². The summed E-state index contributed by atoms with van der Waals surface area (Å²) in [7, 11) is 4.00. The third-order valence-corrected chi connectivity index (χ3v) is 4.21. The van der Waals surface area contributed by atoms with Crippen molar-refractivity contribution < 1.29 is 4.39 Å². The molecule has 1 aliphatic rings. The summed E-state index contributed by atoms with van der Waals surface area (Å²) in [5.74, 6) is -0.163. The van der Waals surface area contributed by atoms with Gasteiger partial charge in [0.05, 0.1) is 0 Å². The number of anilines is 1. The van der Waals surface area contributed by atoms with Crippen LogP contribution in [0, 0.1) is 5.82 Å². The van der Waals surface area contributed by atoms with E-state index in [-0.39, 0.29) is 5.82 Å². The summed E-state index contributed by atoms with van der Waals surface area (Å²) in [6.07, 6.45) is 2.56. The molecule has 1 unspecified atom stereocenters. The van der Waals surface area contributed by atoms with Gasteiger partial charge in [-0.2, -0.15) is 0 Å². The molecule has 0 saturated carbocycles. The van der Waals surface area contributed by atoms with Crippen molar-refractivity contribution in [3.05, 3.63) is 29.6 Å². The van der Waals surface area contributed by atoms with Gasteiger partial charge in [-0.15, -0.1) is 0 Å². The molecular formula is C16H26FN3. The van der Waals surface area contributed by atoms with Gasteiger partial charge in [0.1, 0.15) is 5.82 Å². The van der Waals surface area contributed by atoms with Gasteiger partial charge in [0.25, 0.3) is 0 Å². The number of benzene rings is 1. The van der Waals surface area contributed by atoms with Crippen LogP contribution in [0.2, 0.25) is 0 Å². The van der Waals surface area contributed by atoms with Gasteiger partial charge < -0.3 is 10.2 Å². The van der Waals surface area contributed by atoms with Crippen LogP contribution in [-0.2, 0) is 6.54 Å². The van der Waals surface area contributed by atoms with E-state index in [1.165, 1.54) is 19.4 Å². The van der Waals surface area contributed by atoms with E-state index in [9.17, 15) is 4.39 Å². The Labute approximate surface area is 121 Å². The van der Waals surface area contributed by atoms with E-state index in [2.05, 4.69) is 29.1 Å². The maximum absolute atomic E-state index is 13.4. The van der Waals surface area contributed by atoms with Gasteiger partial charge in [-0.25, -0.2) is 4.39 Å². The molecule has 0 aromatic heterocycles. The van der Waals surface area contributed by atoms with Crippen molar-refractivity contribution in [1.82, 2.24) is 10.2 Å². The van der Waals surface area contributed by atoms with Crippen LogP contribution in [0.4, 0.5) is 10.1 Å². The maximum Gasteiger partial charge on any atom is 0.123 e. The molecule has 2 rings (SSSR count). The summed E-state index contributed by atoms with van der Waals surface area (Å²) in [5, 5.41) is 3.12. The zero-order valence-corrected chi connectivity index (χ0v) is 12.8. The Morgan fingerprint density at radius 3 is 2.95 bits per heavy atom. The lowest BCUT2D eigenvalue weighted by Crippen LogP contribution is -2.39. The molecule has 1 aliphatic heterocycles. The molecule has 1 aromatic rings. The highest BCUT2D eigenvalue weighted by molar-refractivity contribution is 5.53. The Morgan fingerprint density at radius 2 is 2.25 bits per heavy atom. The Balaban J connectivity index is 2.10. The van der Waals surface area contributed by atoms with Crippen LogP contribution < -0.4 is 10.2 Å². The van der Waals surface area contributed by atoms with Crippen molar-refractivity contribution in [2.75, 3.05) is 38.6 Å². The fourth-order valence-corrected chi connectivity index (χ4v) is 3.19. The lowest BCUT2D eigenvalue weighted by molar-refractivity contribution is 0.270. The lowest BCUT2D eigenvalue weighted by Gasteiger charge is -2.30. The van der Waals surface area contributed by atoms with Crippen LogP contribution in [0.1, 0.15) is 25.3 Å². The molecule has 20 heavy (non-hydrogen) atoms. The number of hydrogen-bond acceptors (Lipinski definition) is 3. The Morgan fingerprint density at radius 1 is 1.45 bits per heavy atom. The molecule has 0 radical (unpaired) electrons. The van der Waals surface area contributed by atoms with Gasteiger partial charge in [-0.1, -0.05) is 6.92 Å². The monoisotopic (exact) mass is 279 g/mol. The maximum atomic E-state index is 13.4. The first-order valence-corrected chi connectivity index (χ1v) is 7.54. The van der Waals surface area contributed by atoms with Crippen molar-refractivity contribution in [3.63, 3.8) is 0 Å². The number of halogens is 1. The fraction of sp³-hybridized carbons (Fsp3) is 0.625. The van der Waals surface area contributed by atoms with Gasteiger partial charge in [0.15, 0.2) is 0 Å². The standard InChI is InChI=1S/C16H26FN3/c1-4-20-9-5-6-15(20)12-19(3)16-8-7-14(17)10-13(16)11-18-2/h7-8,10,15,18H,4-6,9,11-12H2,1-3H3. The van der Waals surface area contributed by atoms with E-state index < -0.39 is 0 Å². The zero-order chi connectivity index (χ0) is 14.5. The number of likely N-dealkylation sites (N-methyl/N-ethyl adjacent to an activating group) is 2. The molecule has 112 valence electrons. The first-order valence-electron chi connectivity index (χ1n) is 7.54. The third-order valence-electron chi connectivity index (χ3n) is 4.21. The average Bonchev–Trinajstić information content (AvgIpc) is 2.86. The smallest absolute Gasteiger partial charge is 0.123 e. The molecule has 1 heterocycles. The van der Waals surface area contributed by atoms with Gasteiger partial charge in [-0.05, 0) is 56.7 Å². The highest BCUT2D eigenvalue weighted by Crippen LogP contribution is 2.24. The van der Waals surface area contributed by atoms with Crippen LogP contribution >= 0.6 is 0 Å². The zero-order valence-electron chi connectivity index (χ0n) is 12.8. The normalized spacial score (nSPS) is 19.5. The number of hydrogen-bond donors (Lipinski definition) is 1. The van der Waals surface area contributed by atoms with E-state index in [1.54, 1.807) is 12.1 Å². The van der Waals surface area contributed by atoms with Crippen molar-refractivity contribution in [1.29, 1.82) is 0 Å². The fourth-order valence-electron chi connectivity index (χ4n) is 3.19. The van der Waals surface area contributed by atoms with E-state index in [0.717, 1.165) is 24.3 Å².